The summed E-state index contributed by atoms with van der Waals surface area (Å²) in [5, 5.41) is 36.2. The van der Waals surface area contributed by atoms with E-state index in [2.05, 4.69) is 53.8 Å². The van der Waals surface area contributed by atoms with E-state index in [0.717, 1.165) is 30.7 Å². The summed E-state index contributed by atoms with van der Waals surface area (Å²) in [7, 11) is -19.7. The lowest BCUT2D eigenvalue weighted by Gasteiger charge is -2.31. The highest BCUT2D eigenvalue weighted by Gasteiger charge is 2.53. The summed E-state index contributed by atoms with van der Waals surface area (Å²) in [6.45, 7) is -1.03. The molecule has 16 atom stereocenters. The summed E-state index contributed by atoms with van der Waals surface area (Å²) >= 11 is 0. The van der Waals surface area contributed by atoms with Gasteiger partial charge in [0.15, 0.2) is 41.4 Å². The Balaban J connectivity index is 0.871. The highest BCUT2D eigenvalue weighted by molar-refractivity contribution is 7.66. The van der Waals surface area contributed by atoms with E-state index in [1.54, 1.807) is 14.0 Å². The molecule has 3 aliphatic rings. The van der Waals surface area contributed by atoms with Crippen LogP contribution in [0.15, 0.2) is 34.9 Å². The Kier molecular flexibility index (Phi) is 17.3. The summed E-state index contributed by atoms with van der Waals surface area (Å²) in [5.41, 5.74) is 10.2. The van der Waals surface area contributed by atoms with Crippen molar-refractivity contribution in [1.82, 2.24) is 53.6 Å². The van der Waals surface area contributed by atoms with Gasteiger partial charge in [0.25, 0.3) is 24.9 Å². The number of aromatic nitrogens is 12. The second kappa shape index (κ2) is 23.2. The average molecular weight is 1220 g/mol. The van der Waals surface area contributed by atoms with Crippen LogP contribution in [0.1, 0.15) is 32.0 Å². The van der Waals surface area contributed by atoms with Crippen LogP contribution in [0.4, 0.5) is 17.7 Å². The molecule has 13 N–H and O–H groups in total. The van der Waals surface area contributed by atoms with E-state index in [1.165, 1.54) is 27.1 Å². The summed E-state index contributed by atoms with van der Waals surface area (Å²) in [6.07, 6.45) is -12.9. The first-order chi connectivity index (χ1) is 37.7. The van der Waals surface area contributed by atoms with Crippen molar-refractivity contribution in [2.24, 2.45) is 13.0 Å². The fraction of sp³-hybridized carbons (Fsp3) is 0.595. The second-order valence-electron chi connectivity index (χ2n) is 17.9. The largest absolute Gasteiger partial charge is 0.756 e. The molecule has 0 spiro atoms. The minimum Gasteiger partial charge on any atom is -0.756 e. The van der Waals surface area contributed by atoms with Crippen LogP contribution < -0.4 is 37.4 Å². The molecule has 0 radical (unpaired) electrons. The van der Waals surface area contributed by atoms with E-state index >= 15 is 0 Å². The standard InChI is InChI=1S/C37H53N15O24P4/c1-5-40-37-46-30-21(32(57)48-37)49(2)14-52(30)33-22(53)15(6-7-66-3)16(71-33)8-69-78(60,61)75-80(64,65)76-79(62,63)70-10-18-25(26(67-4)35(73-18)50-12-43-19-27(38)41-11-42-28(19)50)74-77(58,59)68-9-17-23(54)24(55)34(72-17)51-13-44-20-29(51)45-36(39)47-31(20)56/h11-18,22-26,33-35,53-55H,5-10H2,1-4H3,(H10-,38,39,40,41,42,45,46,47,48,56,57,58,59,60,61,62,63,64,65)/t15-,16-,17-,18-,22-,23-,24-,25-,26-,33-,34-,35-/m1/s1. The summed E-state index contributed by atoms with van der Waals surface area (Å²) in [4.78, 5) is 100. The smallest absolute Gasteiger partial charge is 0.490 e. The van der Waals surface area contributed by atoms with Crippen molar-refractivity contribution in [2.75, 3.05) is 64.0 Å². The molecule has 0 saturated carbocycles. The number of nitrogens with zero attached hydrogens (tertiary/aromatic N) is 10. The number of aliphatic hydroxyl groups is 3. The van der Waals surface area contributed by atoms with Gasteiger partial charge in [-0.1, -0.05) is 4.98 Å². The zero-order valence-corrected chi connectivity index (χ0v) is 45.5. The van der Waals surface area contributed by atoms with E-state index in [4.69, 9.17) is 53.2 Å². The predicted molar refractivity (Wildman–Crippen MR) is 261 cm³/mol. The number of imidazole rings is 3. The van der Waals surface area contributed by atoms with Crippen LogP contribution in [-0.4, -0.2) is 180 Å². The quantitative estimate of drug-likeness (QED) is 0.0210. The van der Waals surface area contributed by atoms with E-state index in [9.17, 15) is 62.7 Å². The van der Waals surface area contributed by atoms with Crippen LogP contribution in [0.5, 0.6) is 0 Å². The number of methoxy groups -OCH3 is 2. The molecular formula is C37H53N15O24P4. The van der Waals surface area contributed by atoms with Gasteiger partial charge >= 0.3 is 29.1 Å². The molecule has 3 aliphatic heterocycles. The zero-order valence-electron chi connectivity index (χ0n) is 41.9. The Bertz CT molecular complexity index is 3570. The van der Waals surface area contributed by atoms with Gasteiger partial charge < -0.3 is 84.4 Å². The van der Waals surface area contributed by atoms with Gasteiger partial charge in [-0.3, -0.25) is 46.9 Å². The van der Waals surface area contributed by atoms with E-state index < -0.39 is 136 Å². The number of phosphoric acid groups is 4. The van der Waals surface area contributed by atoms with Crippen molar-refractivity contribution >= 4 is 82.5 Å². The number of phosphoric ester groups is 3. The molecule has 80 heavy (non-hydrogen) atoms. The molecule has 4 unspecified atom stereocenters. The third kappa shape index (κ3) is 12.3. The van der Waals surface area contributed by atoms with Gasteiger partial charge in [-0.25, -0.2) is 38.2 Å². The molecular weight excluding hydrogens is 1160 g/mol. The predicted octanol–water partition coefficient (Wildman–Crippen LogP) is -3.20. The Labute approximate surface area is 447 Å². The summed E-state index contributed by atoms with van der Waals surface area (Å²) in [6, 6.07) is 0. The lowest BCUT2D eigenvalue weighted by molar-refractivity contribution is -0.745. The van der Waals surface area contributed by atoms with Gasteiger partial charge in [0.05, 0.1) is 45.6 Å². The number of ether oxygens (including phenoxy) is 5. The minimum absolute atomic E-state index is 0.00344. The van der Waals surface area contributed by atoms with Crippen molar-refractivity contribution in [2.45, 2.75) is 80.9 Å². The molecule has 0 aromatic carbocycles. The van der Waals surface area contributed by atoms with Crippen molar-refractivity contribution < 1.29 is 108 Å². The highest BCUT2D eigenvalue weighted by Crippen LogP contribution is 2.68. The van der Waals surface area contributed by atoms with Crippen molar-refractivity contribution in [3.05, 3.63) is 46.0 Å². The van der Waals surface area contributed by atoms with Crippen LogP contribution >= 0.6 is 31.3 Å². The molecule has 0 bridgehead atoms. The number of hydrogen-bond acceptors (Lipinski definition) is 30. The number of nitrogen functional groups attached to an aromatic ring is 2. The number of nitrogens with one attached hydrogen (secondary N) is 3. The molecule has 3 saturated heterocycles. The highest BCUT2D eigenvalue weighted by atomic mass is 31.3. The molecule has 43 heteroatoms. The number of rotatable bonds is 24. The normalized spacial score (nSPS) is 29.3. The van der Waals surface area contributed by atoms with Gasteiger partial charge in [0, 0.05) is 33.3 Å². The maximum absolute atomic E-state index is 13.6. The molecule has 6 aromatic heterocycles. The molecule has 39 nitrogen and oxygen atoms in total. The van der Waals surface area contributed by atoms with Gasteiger partial charge in [0.1, 0.15) is 54.6 Å². The van der Waals surface area contributed by atoms with E-state index in [-0.39, 0.29) is 64.2 Å². The monoisotopic (exact) mass is 1220 g/mol. The fourth-order valence-corrected chi connectivity index (χ4v) is 13.7. The van der Waals surface area contributed by atoms with Crippen LogP contribution in [0.25, 0.3) is 33.5 Å². The third-order valence-electron chi connectivity index (χ3n) is 12.7. The zero-order chi connectivity index (χ0) is 57.8. The van der Waals surface area contributed by atoms with Crippen LogP contribution in [0.2, 0.25) is 0 Å². The third-order valence-corrected chi connectivity index (χ3v) is 17.9. The maximum Gasteiger partial charge on any atom is 0.490 e. The van der Waals surface area contributed by atoms with Gasteiger partial charge in [-0.05, 0) is 13.3 Å². The number of nitrogens with two attached hydrogens (primary N) is 2. The number of aromatic amines is 2. The fourth-order valence-electron chi connectivity index (χ4n) is 9.21. The Morgan fingerprint density at radius 3 is 2.10 bits per heavy atom. The van der Waals surface area contributed by atoms with Crippen LogP contribution in [0.3, 0.4) is 0 Å². The van der Waals surface area contributed by atoms with Crippen molar-refractivity contribution in [1.29, 1.82) is 0 Å². The molecule has 3 fully saturated rings. The topological polar surface area (TPSA) is 540 Å². The molecule has 9 rings (SSSR count). The Morgan fingerprint density at radius 2 is 1.43 bits per heavy atom. The van der Waals surface area contributed by atoms with E-state index in [1.807, 2.05) is 0 Å². The van der Waals surface area contributed by atoms with Gasteiger partial charge in [0.2, 0.25) is 17.7 Å². The van der Waals surface area contributed by atoms with Gasteiger partial charge in [-0.15, -0.1) is 0 Å². The number of aliphatic hydroxyl groups excluding tert-OH is 3. The Morgan fingerprint density at radius 1 is 0.775 bits per heavy atom. The SMILES string of the molecule is CCNc1nc2c(c(=O)[nH]1)n(C)c[n+]2[C@@H]1O[C@H](COP(=O)(O)OP(=O)(O)OP(=O)(O)OC[C@H]2O[C@@H](n3cnc4c(N)ncnc43)[C@H](OC)[C@@H]2OP(=O)([O-])OC[C@H]2O[C@@H](n3cnc4c(=O)[nH]c(N)nc43)[C@H](O)[C@@H]2O)[C@@H](CCOC)[C@H]1O. The minimum atomic E-state index is -6.19. The van der Waals surface area contributed by atoms with Crippen LogP contribution in [0, 0.1) is 5.92 Å². The lowest BCUT2D eigenvalue weighted by atomic mass is 9.95. The maximum atomic E-state index is 13.6. The molecule has 0 amide bonds. The molecule has 6 aromatic rings. The number of aryl methyl sites for hydroxylation is 1. The number of fused-ring (bicyclic) bond motifs is 3. The molecule has 440 valence electrons. The average Bonchev–Trinajstić information content (AvgIpc) is 4.27. The number of anilines is 3. The van der Waals surface area contributed by atoms with Crippen molar-refractivity contribution in [3.63, 3.8) is 0 Å². The number of hydrogen-bond donors (Lipinski definition) is 11. The molecule has 9 heterocycles. The summed E-state index contributed by atoms with van der Waals surface area (Å²) < 4.78 is 116. The number of H-pyrrole nitrogens is 2. The van der Waals surface area contributed by atoms with Crippen LogP contribution in [-0.2, 0) is 75.7 Å². The Hall–Kier alpha value is -5.15. The summed E-state index contributed by atoms with van der Waals surface area (Å²) in [5.74, 6) is -1.22. The van der Waals surface area contributed by atoms with E-state index in [0.29, 0.717) is 6.54 Å². The molecule has 0 aliphatic carbocycles. The first kappa shape index (κ1) is 59.5. The van der Waals surface area contributed by atoms with Gasteiger partial charge in [-0.2, -0.15) is 13.6 Å². The first-order valence-corrected chi connectivity index (χ1v) is 29.5. The lowest BCUT2D eigenvalue weighted by Crippen LogP contribution is -2.45. The van der Waals surface area contributed by atoms with Crippen molar-refractivity contribution in [3.8, 4) is 0 Å². The second-order valence-corrected chi connectivity index (χ2v) is 23.9. The first-order valence-electron chi connectivity index (χ1n) is 23.5.